The zero-order valence-corrected chi connectivity index (χ0v) is 14.3. The molecule has 0 radical (unpaired) electrons. The number of nitrogens with one attached hydrogen (secondary N) is 1. The van der Waals surface area contributed by atoms with Crippen LogP contribution in [0, 0.1) is 12.7 Å². The number of carbonyl (C=O) groups is 1. The predicted octanol–water partition coefficient (Wildman–Crippen LogP) is 3.10. The first-order valence-electron chi connectivity index (χ1n) is 7.42. The molecule has 0 saturated carbocycles. The second-order valence-electron chi connectivity index (χ2n) is 5.46. The van der Waals surface area contributed by atoms with Crippen LogP contribution in [-0.2, 0) is 11.3 Å². The van der Waals surface area contributed by atoms with Gasteiger partial charge in [0.1, 0.15) is 5.82 Å². The van der Waals surface area contributed by atoms with E-state index in [9.17, 15) is 14.0 Å². The third kappa shape index (κ3) is 3.50. The summed E-state index contributed by atoms with van der Waals surface area (Å²) in [7, 11) is 0. The maximum Gasteiger partial charge on any atom is 0.307 e. The van der Waals surface area contributed by atoms with Crippen molar-refractivity contribution in [3.63, 3.8) is 0 Å². The van der Waals surface area contributed by atoms with Gasteiger partial charge in [0.05, 0.1) is 6.04 Å². The molecule has 1 aromatic carbocycles. The Hall–Kier alpha value is -1.60. The molecule has 0 unspecified atom stereocenters. The van der Waals surface area contributed by atoms with E-state index < -0.39 is 0 Å². The summed E-state index contributed by atoms with van der Waals surface area (Å²) in [5.74, 6) is 0.434. The molecule has 0 saturated heterocycles. The van der Waals surface area contributed by atoms with Crippen LogP contribution in [0.15, 0.2) is 33.3 Å². The Bertz CT molecular complexity index is 785. The van der Waals surface area contributed by atoms with Crippen molar-refractivity contribution in [1.29, 1.82) is 0 Å². The number of fused-ring (bicyclic) bond motifs is 1. The summed E-state index contributed by atoms with van der Waals surface area (Å²) < 4.78 is 15.4. The van der Waals surface area contributed by atoms with Crippen molar-refractivity contribution < 1.29 is 9.18 Å². The summed E-state index contributed by atoms with van der Waals surface area (Å²) in [6.45, 7) is 2.23. The Morgan fingerprint density at radius 1 is 1.48 bits per heavy atom. The zero-order chi connectivity index (χ0) is 16.4. The minimum atomic E-state index is -0.230. The number of carbonyl (C=O) groups excluding carboxylic acids is 1. The molecule has 0 bridgehead atoms. The summed E-state index contributed by atoms with van der Waals surface area (Å²) >= 11 is 2.63. The number of aromatic nitrogens is 1. The van der Waals surface area contributed by atoms with Crippen LogP contribution in [0.4, 0.5) is 4.39 Å². The van der Waals surface area contributed by atoms with E-state index in [0.29, 0.717) is 11.4 Å². The molecule has 0 spiro atoms. The summed E-state index contributed by atoms with van der Waals surface area (Å²) in [5.41, 5.74) is 1.72. The Labute approximate surface area is 141 Å². The third-order valence-electron chi connectivity index (χ3n) is 3.90. The number of hydrogen-bond donors (Lipinski definition) is 1. The molecule has 1 aliphatic rings. The van der Waals surface area contributed by atoms with Crippen LogP contribution in [0.3, 0.4) is 0 Å². The van der Waals surface area contributed by atoms with Crippen LogP contribution >= 0.6 is 23.1 Å². The molecule has 3 rings (SSSR count). The van der Waals surface area contributed by atoms with E-state index in [4.69, 9.17) is 0 Å². The molecule has 1 aromatic heterocycles. The Morgan fingerprint density at radius 2 is 2.30 bits per heavy atom. The Morgan fingerprint density at radius 3 is 3.04 bits per heavy atom. The highest BCUT2D eigenvalue weighted by molar-refractivity contribution is 7.99. The van der Waals surface area contributed by atoms with E-state index in [1.165, 1.54) is 17.8 Å². The molecular formula is C16H17FN2O2S2. The first-order chi connectivity index (χ1) is 11.1. The monoisotopic (exact) mass is 352 g/mol. The molecular weight excluding hydrogens is 335 g/mol. The van der Waals surface area contributed by atoms with Crippen LogP contribution in [0.25, 0.3) is 0 Å². The fourth-order valence-electron chi connectivity index (χ4n) is 2.69. The number of aryl methyl sites for hydroxylation is 1. The second-order valence-corrected chi connectivity index (χ2v) is 7.39. The topological polar surface area (TPSA) is 51.1 Å². The number of benzene rings is 1. The van der Waals surface area contributed by atoms with Gasteiger partial charge in [0.25, 0.3) is 0 Å². The van der Waals surface area contributed by atoms with Gasteiger partial charge in [-0.15, -0.1) is 11.8 Å². The normalized spacial score (nSPS) is 16.9. The van der Waals surface area contributed by atoms with Crippen molar-refractivity contribution in [3.8, 4) is 0 Å². The zero-order valence-electron chi connectivity index (χ0n) is 12.7. The van der Waals surface area contributed by atoms with E-state index in [1.807, 2.05) is 13.0 Å². The van der Waals surface area contributed by atoms with E-state index in [-0.39, 0.29) is 29.1 Å². The van der Waals surface area contributed by atoms with E-state index in [0.717, 1.165) is 34.8 Å². The van der Waals surface area contributed by atoms with Gasteiger partial charge in [0.2, 0.25) is 5.91 Å². The van der Waals surface area contributed by atoms with Crippen molar-refractivity contribution in [2.45, 2.75) is 37.2 Å². The highest BCUT2D eigenvalue weighted by Crippen LogP contribution is 2.37. The highest BCUT2D eigenvalue weighted by atomic mass is 32.2. The maximum atomic E-state index is 13.8. The number of thioether (sulfide) groups is 1. The number of nitrogens with zero attached hydrogens (tertiary/aromatic N) is 1. The number of hydrogen-bond acceptors (Lipinski definition) is 4. The minimum absolute atomic E-state index is 0.0446. The summed E-state index contributed by atoms with van der Waals surface area (Å²) in [6.07, 6.45) is 1.02. The summed E-state index contributed by atoms with van der Waals surface area (Å²) in [4.78, 5) is 24.4. The molecule has 2 heterocycles. The van der Waals surface area contributed by atoms with Crippen molar-refractivity contribution in [1.82, 2.24) is 9.88 Å². The van der Waals surface area contributed by atoms with Gasteiger partial charge in [-0.05, 0) is 25.0 Å². The van der Waals surface area contributed by atoms with Gasteiger partial charge in [0.15, 0.2) is 0 Å². The average Bonchev–Trinajstić information content (AvgIpc) is 2.85. The molecule has 2 aromatic rings. The average molecular weight is 352 g/mol. The van der Waals surface area contributed by atoms with Gasteiger partial charge in [-0.25, -0.2) is 4.39 Å². The van der Waals surface area contributed by atoms with Gasteiger partial charge in [-0.1, -0.05) is 23.5 Å². The SMILES string of the molecule is Cc1csc(=O)n1CCC(=O)N[C@H]1CCSc2c(F)cccc21. The van der Waals surface area contributed by atoms with Gasteiger partial charge in [-0.2, -0.15) is 0 Å². The number of rotatable bonds is 4. The van der Waals surface area contributed by atoms with Gasteiger partial charge in [-0.3, -0.25) is 9.59 Å². The van der Waals surface area contributed by atoms with Crippen molar-refractivity contribution >= 4 is 29.0 Å². The quantitative estimate of drug-likeness (QED) is 0.920. The molecule has 1 aliphatic heterocycles. The Kier molecular flexibility index (Phi) is 4.87. The maximum absolute atomic E-state index is 13.8. The van der Waals surface area contributed by atoms with Crippen LogP contribution in [0.2, 0.25) is 0 Å². The molecule has 122 valence electrons. The molecule has 0 fully saturated rings. The van der Waals surface area contributed by atoms with Gasteiger partial charge >= 0.3 is 4.87 Å². The van der Waals surface area contributed by atoms with Crippen LogP contribution in [0.5, 0.6) is 0 Å². The molecule has 0 aliphatic carbocycles. The van der Waals surface area contributed by atoms with Crippen molar-refractivity contribution in [2.24, 2.45) is 0 Å². The molecule has 23 heavy (non-hydrogen) atoms. The first-order valence-corrected chi connectivity index (χ1v) is 9.28. The summed E-state index contributed by atoms with van der Waals surface area (Å²) in [6, 6.07) is 4.83. The first kappa shape index (κ1) is 16.3. The lowest BCUT2D eigenvalue weighted by Gasteiger charge is -2.26. The molecule has 1 amide bonds. The lowest BCUT2D eigenvalue weighted by molar-refractivity contribution is -0.122. The third-order valence-corrected chi connectivity index (χ3v) is 5.94. The van der Waals surface area contributed by atoms with E-state index >= 15 is 0 Å². The molecule has 1 atom stereocenters. The molecule has 4 nitrogen and oxygen atoms in total. The van der Waals surface area contributed by atoms with Crippen LogP contribution in [0.1, 0.15) is 30.1 Å². The van der Waals surface area contributed by atoms with Crippen molar-refractivity contribution in [3.05, 3.63) is 50.3 Å². The largest absolute Gasteiger partial charge is 0.349 e. The highest BCUT2D eigenvalue weighted by Gasteiger charge is 2.24. The minimum Gasteiger partial charge on any atom is -0.349 e. The van der Waals surface area contributed by atoms with Crippen molar-refractivity contribution in [2.75, 3.05) is 5.75 Å². The number of amides is 1. The Balaban J connectivity index is 1.66. The lowest BCUT2D eigenvalue weighted by Crippen LogP contribution is -2.32. The van der Waals surface area contributed by atoms with Gasteiger partial charge < -0.3 is 9.88 Å². The summed E-state index contributed by atoms with van der Waals surface area (Å²) in [5, 5.41) is 4.76. The van der Waals surface area contributed by atoms with Crippen LogP contribution < -0.4 is 10.2 Å². The van der Waals surface area contributed by atoms with Gasteiger partial charge in [0, 0.05) is 34.7 Å². The second kappa shape index (κ2) is 6.88. The molecule has 7 heteroatoms. The van der Waals surface area contributed by atoms with E-state index in [1.54, 1.807) is 16.0 Å². The molecule has 1 N–H and O–H groups in total. The lowest BCUT2D eigenvalue weighted by atomic mass is 10.0. The fourth-order valence-corrected chi connectivity index (χ4v) is 4.59. The predicted molar refractivity (Wildman–Crippen MR) is 90.6 cm³/mol. The van der Waals surface area contributed by atoms with Crippen LogP contribution in [-0.4, -0.2) is 16.2 Å². The standard InChI is InChI=1S/C16H17FN2O2S2/c1-10-9-23-16(21)19(10)7-5-14(20)18-13-6-8-22-15-11(13)3-2-4-12(15)17/h2-4,9,13H,5-8H2,1H3,(H,18,20)/t13-/m0/s1. The number of thiazole rings is 1. The smallest absolute Gasteiger partial charge is 0.307 e. The fraction of sp³-hybridized carbons (Fsp3) is 0.375. The van der Waals surface area contributed by atoms with E-state index in [2.05, 4.69) is 5.32 Å². The number of halogens is 1.